The van der Waals surface area contributed by atoms with E-state index in [-0.39, 0.29) is 6.10 Å². The number of fused-ring (bicyclic) bond motifs is 1. The quantitative estimate of drug-likeness (QED) is 0.442. The first-order chi connectivity index (χ1) is 14.7. The van der Waals surface area contributed by atoms with Crippen LogP contribution in [0.4, 0.5) is 0 Å². The Balaban J connectivity index is 1.17. The van der Waals surface area contributed by atoms with Crippen molar-refractivity contribution in [1.29, 1.82) is 0 Å². The van der Waals surface area contributed by atoms with Crippen LogP contribution >= 0.6 is 0 Å². The minimum atomic E-state index is -0.165. The first-order valence-corrected chi connectivity index (χ1v) is 12.2. The fraction of sp³-hybridized carbons (Fsp3) is 0.630. The maximum Gasteiger partial charge on any atom is 0.0611 e. The third kappa shape index (κ3) is 5.84. The number of aliphatic hydroxyl groups excluding tert-OH is 1. The maximum atomic E-state index is 10.6. The predicted octanol–water partition coefficient (Wildman–Crippen LogP) is 4.50. The lowest BCUT2D eigenvalue weighted by Gasteiger charge is -2.18. The normalized spacial score (nSPS) is 29.1. The van der Waals surface area contributed by atoms with Crippen LogP contribution in [0, 0.1) is 24.7 Å². The summed E-state index contributed by atoms with van der Waals surface area (Å²) in [4.78, 5) is 2.60. The number of rotatable bonds is 10. The van der Waals surface area contributed by atoms with Gasteiger partial charge in [-0.2, -0.15) is 0 Å². The van der Waals surface area contributed by atoms with Gasteiger partial charge in [-0.3, -0.25) is 0 Å². The number of hydrogen-bond donors (Lipinski definition) is 2. The number of aliphatic hydroxyl groups is 1. The molecule has 1 saturated carbocycles. The largest absolute Gasteiger partial charge is 0.392 e. The summed E-state index contributed by atoms with van der Waals surface area (Å²) in [6.45, 7) is 8.16. The lowest BCUT2D eigenvalue weighted by atomic mass is 9.89. The summed E-state index contributed by atoms with van der Waals surface area (Å²) in [6.07, 6.45) is 15.2. The summed E-state index contributed by atoms with van der Waals surface area (Å²) in [7, 11) is 0. The lowest BCUT2D eigenvalue weighted by molar-refractivity contribution is 0.141. The van der Waals surface area contributed by atoms with Crippen LogP contribution in [-0.4, -0.2) is 48.8 Å². The summed E-state index contributed by atoms with van der Waals surface area (Å²) in [5.74, 6) is 1.51. The fourth-order valence-electron chi connectivity index (χ4n) is 5.79. The molecule has 2 N–H and O–H groups in total. The molecule has 3 aliphatic rings. The molecule has 4 rings (SSSR count). The molecule has 1 aliphatic heterocycles. The van der Waals surface area contributed by atoms with Gasteiger partial charge < -0.3 is 15.3 Å². The van der Waals surface area contributed by atoms with E-state index in [2.05, 4.69) is 59.6 Å². The third-order valence-corrected chi connectivity index (χ3v) is 7.37. The number of benzene rings is 1. The van der Waals surface area contributed by atoms with Gasteiger partial charge in [-0.15, -0.1) is 0 Å². The predicted molar refractivity (Wildman–Crippen MR) is 126 cm³/mol. The van der Waals surface area contributed by atoms with Crippen molar-refractivity contribution in [2.45, 2.75) is 58.0 Å². The Morgan fingerprint density at radius 1 is 1.23 bits per heavy atom. The molecule has 1 aromatic carbocycles. The van der Waals surface area contributed by atoms with E-state index in [0.717, 1.165) is 38.8 Å². The van der Waals surface area contributed by atoms with Crippen molar-refractivity contribution in [3.63, 3.8) is 0 Å². The SMILES string of the molecule is Cc1cccc(CC/C=C/[C@@H]2[C@H]3CC(CNCCCN4CCCC4)=C[C@H]3C[C@H]2O)c1. The Labute approximate surface area is 183 Å². The summed E-state index contributed by atoms with van der Waals surface area (Å²) >= 11 is 0. The van der Waals surface area contributed by atoms with Crippen LogP contribution in [0.15, 0.2) is 48.1 Å². The highest BCUT2D eigenvalue weighted by Gasteiger charge is 2.43. The van der Waals surface area contributed by atoms with Crippen LogP contribution in [0.25, 0.3) is 0 Å². The average Bonchev–Trinajstić information content (AvgIpc) is 3.43. The van der Waals surface area contributed by atoms with Crippen LogP contribution in [0.3, 0.4) is 0 Å². The number of hydrogen-bond acceptors (Lipinski definition) is 3. The number of likely N-dealkylation sites (tertiary alicyclic amines) is 1. The molecule has 164 valence electrons. The first-order valence-electron chi connectivity index (χ1n) is 12.2. The van der Waals surface area contributed by atoms with E-state index in [1.54, 1.807) is 5.57 Å². The minimum absolute atomic E-state index is 0.165. The second-order valence-corrected chi connectivity index (χ2v) is 9.77. The zero-order valence-corrected chi connectivity index (χ0v) is 18.7. The monoisotopic (exact) mass is 408 g/mol. The van der Waals surface area contributed by atoms with Gasteiger partial charge in [0.15, 0.2) is 0 Å². The minimum Gasteiger partial charge on any atom is -0.392 e. The summed E-state index contributed by atoms with van der Waals surface area (Å²) in [5.41, 5.74) is 4.31. The molecule has 0 radical (unpaired) electrons. The maximum absolute atomic E-state index is 10.6. The van der Waals surface area contributed by atoms with Crippen molar-refractivity contribution in [2.24, 2.45) is 17.8 Å². The number of aryl methyl sites for hydroxylation is 2. The molecule has 0 aromatic heterocycles. The van der Waals surface area contributed by atoms with Gasteiger partial charge in [0.25, 0.3) is 0 Å². The molecule has 1 saturated heterocycles. The fourth-order valence-corrected chi connectivity index (χ4v) is 5.79. The first kappa shape index (κ1) is 21.8. The summed E-state index contributed by atoms with van der Waals surface area (Å²) in [6, 6.07) is 8.79. The molecule has 30 heavy (non-hydrogen) atoms. The standard InChI is InChI=1S/C27H40N2O/c1-21-8-6-10-22(16-21)9-2-3-11-25-26-18-23(17-24(26)19-27(25)30)20-28-12-7-15-29-13-4-5-14-29/h3,6,8,10-11,16-17,24-28,30H,2,4-5,7,9,12-15,18-20H2,1H3/b11-3+/t24-,25+,26-,27+/m0/s1. The zero-order chi connectivity index (χ0) is 20.8. The smallest absolute Gasteiger partial charge is 0.0611 e. The van der Waals surface area contributed by atoms with Crippen molar-refractivity contribution in [1.82, 2.24) is 10.2 Å². The lowest BCUT2D eigenvalue weighted by Crippen LogP contribution is -2.26. The molecule has 3 heteroatoms. The van der Waals surface area contributed by atoms with Gasteiger partial charge in [0.05, 0.1) is 6.10 Å². The summed E-state index contributed by atoms with van der Waals surface area (Å²) < 4.78 is 0. The van der Waals surface area contributed by atoms with Crippen molar-refractivity contribution in [3.05, 3.63) is 59.2 Å². The van der Waals surface area contributed by atoms with Gasteiger partial charge in [-0.05, 0) is 95.4 Å². The molecule has 4 atom stereocenters. The van der Waals surface area contributed by atoms with E-state index < -0.39 is 0 Å². The van der Waals surface area contributed by atoms with Crippen LogP contribution < -0.4 is 5.32 Å². The van der Waals surface area contributed by atoms with E-state index in [9.17, 15) is 5.11 Å². The van der Waals surface area contributed by atoms with Crippen molar-refractivity contribution < 1.29 is 5.11 Å². The Kier molecular flexibility index (Phi) is 7.81. The van der Waals surface area contributed by atoms with Crippen molar-refractivity contribution in [2.75, 3.05) is 32.7 Å². The molecule has 2 aliphatic carbocycles. The van der Waals surface area contributed by atoms with Gasteiger partial charge in [-0.1, -0.05) is 53.6 Å². The molecule has 1 aromatic rings. The molecule has 2 fully saturated rings. The number of nitrogens with zero attached hydrogens (tertiary/aromatic N) is 1. The zero-order valence-electron chi connectivity index (χ0n) is 18.7. The molecular formula is C27H40N2O. The van der Waals surface area contributed by atoms with E-state index >= 15 is 0 Å². The van der Waals surface area contributed by atoms with Gasteiger partial charge in [0, 0.05) is 12.5 Å². The van der Waals surface area contributed by atoms with Gasteiger partial charge in [0.1, 0.15) is 0 Å². The molecule has 0 unspecified atom stereocenters. The van der Waals surface area contributed by atoms with Gasteiger partial charge in [0.2, 0.25) is 0 Å². The highest BCUT2D eigenvalue weighted by atomic mass is 16.3. The van der Waals surface area contributed by atoms with E-state index in [1.165, 1.54) is 50.0 Å². The highest BCUT2D eigenvalue weighted by molar-refractivity contribution is 5.23. The Hall–Kier alpha value is -1.42. The molecule has 0 spiro atoms. The van der Waals surface area contributed by atoms with Gasteiger partial charge in [-0.25, -0.2) is 0 Å². The van der Waals surface area contributed by atoms with Crippen molar-refractivity contribution >= 4 is 0 Å². The molecular weight excluding hydrogens is 368 g/mol. The highest BCUT2D eigenvalue weighted by Crippen LogP contribution is 2.47. The van der Waals surface area contributed by atoms with Gasteiger partial charge >= 0.3 is 0 Å². The van der Waals surface area contributed by atoms with Crippen molar-refractivity contribution in [3.8, 4) is 0 Å². The third-order valence-electron chi connectivity index (χ3n) is 7.37. The number of nitrogens with one attached hydrogen (secondary N) is 1. The average molecular weight is 409 g/mol. The van der Waals surface area contributed by atoms with E-state index in [0.29, 0.717) is 17.8 Å². The molecule has 0 amide bonds. The Bertz CT molecular complexity index is 734. The molecule has 0 bridgehead atoms. The molecule has 1 heterocycles. The Morgan fingerprint density at radius 2 is 2.10 bits per heavy atom. The number of allylic oxidation sites excluding steroid dienone is 2. The summed E-state index contributed by atoms with van der Waals surface area (Å²) in [5, 5.41) is 14.2. The van der Waals surface area contributed by atoms with E-state index in [1.807, 2.05) is 0 Å². The topological polar surface area (TPSA) is 35.5 Å². The second-order valence-electron chi connectivity index (χ2n) is 9.77. The second kappa shape index (κ2) is 10.7. The van der Waals surface area contributed by atoms with Crippen LogP contribution in [0.2, 0.25) is 0 Å². The Morgan fingerprint density at radius 3 is 2.93 bits per heavy atom. The van der Waals surface area contributed by atoms with E-state index in [4.69, 9.17) is 0 Å². The van der Waals surface area contributed by atoms with Crippen LogP contribution in [0.5, 0.6) is 0 Å². The van der Waals surface area contributed by atoms with Crippen LogP contribution in [-0.2, 0) is 6.42 Å². The van der Waals surface area contributed by atoms with Crippen LogP contribution in [0.1, 0.15) is 49.7 Å². The molecule has 3 nitrogen and oxygen atoms in total.